The highest BCUT2D eigenvalue weighted by molar-refractivity contribution is 7.99. The minimum absolute atomic E-state index is 0.854. The molecule has 4 heteroatoms. The van der Waals surface area contributed by atoms with E-state index in [1.807, 2.05) is 41.1 Å². The van der Waals surface area contributed by atoms with E-state index in [0.717, 1.165) is 22.3 Å². The fraction of sp³-hybridized carbons (Fsp3) is 0.154. The first-order valence-electron chi connectivity index (χ1n) is 5.26. The van der Waals surface area contributed by atoms with E-state index in [1.165, 1.54) is 0 Å². The van der Waals surface area contributed by atoms with E-state index >= 15 is 0 Å². The third kappa shape index (κ3) is 2.71. The number of methoxy groups -OCH3 is 1. The first-order chi connectivity index (χ1) is 8.35. The van der Waals surface area contributed by atoms with Gasteiger partial charge in [0.25, 0.3) is 0 Å². The molecular formula is C13H14N2OS. The van der Waals surface area contributed by atoms with E-state index in [-0.39, 0.29) is 0 Å². The van der Waals surface area contributed by atoms with Crippen molar-refractivity contribution in [1.29, 1.82) is 0 Å². The van der Waals surface area contributed by atoms with Crippen LogP contribution in [0.4, 0.5) is 0 Å². The van der Waals surface area contributed by atoms with Gasteiger partial charge in [0.15, 0.2) is 5.16 Å². The lowest BCUT2D eigenvalue weighted by Gasteiger charge is -2.07. The summed E-state index contributed by atoms with van der Waals surface area (Å²) in [6.45, 7) is 3.71. The molecule has 0 spiro atoms. The molecule has 0 radical (unpaired) electrons. The largest absolute Gasteiger partial charge is 0.497 e. The number of aromatic nitrogens is 2. The lowest BCUT2D eigenvalue weighted by atomic mass is 10.3. The third-order valence-electron chi connectivity index (χ3n) is 2.29. The van der Waals surface area contributed by atoms with E-state index < -0.39 is 0 Å². The van der Waals surface area contributed by atoms with Crippen LogP contribution in [0, 0.1) is 0 Å². The molecule has 0 unspecified atom stereocenters. The number of benzene rings is 1. The van der Waals surface area contributed by atoms with Crippen molar-refractivity contribution in [3.05, 3.63) is 49.3 Å². The standard InChI is InChI=1S/C13H14N2OS/c1-3-10-17-13-14-8-9-15(13)11-4-6-12(16-2)7-5-11/h3-9H,1,10H2,2H3. The van der Waals surface area contributed by atoms with E-state index in [1.54, 1.807) is 25.1 Å². The van der Waals surface area contributed by atoms with Crippen LogP contribution in [0.5, 0.6) is 5.75 Å². The maximum absolute atomic E-state index is 5.14. The SMILES string of the molecule is C=CCSc1nccn1-c1ccc(OC)cc1. The van der Waals surface area contributed by atoms with Crippen molar-refractivity contribution < 1.29 is 4.74 Å². The molecule has 17 heavy (non-hydrogen) atoms. The second-order valence-electron chi connectivity index (χ2n) is 3.38. The first-order valence-corrected chi connectivity index (χ1v) is 6.25. The molecule has 0 aliphatic heterocycles. The van der Waals surface area contributed by atoms with Crippen molar-refractivity contribution in [2.24, 2.45) is 0 Å². The maximum Gasteiger partial charge on any atom is 0.172 e. The second-order valence-corrected chi connectivity index (χ2v) is 4.36. The predicted octanol–water partition coefficient (Wildman–Crippen LogP) is 3.16. The van der Waals surface area contributed by atoms with Crippen molar-refractivity contribution in [2.45, 2.75) is 5.16 Å². The molecule has 1 heterocycles. The lowest BCUT2D eigenvalue weighted by molar-refractivity contribution is 0.414. The number of thioether (sulfide) groups is 1. The van der Waals surface area contributed by atoms with Crippen LogP contribution in [0.2, 0.25) is 0 Å². The molecule has 0 saturated heterocycles. The zero-order valence-corrected chi connectivity index (χ0v) is 10.5. The van der Waals surface area contributed by atoms with Gasteiger partial charge in [0, 0.05) is 23.8 Å². The van der Waals surface area contributed by atoms with Crippen LogP contribution in [0.25, 0.3) is 5.69 Å². The molecule has 0 saturated carbocycles. The smallest absolute Gasteiger partial charge is 0.172 e. The molecule has 0 aliphatic carbocycles. The summed E-state index contributed by atoms with van der Waals surface area (Å²) in [4.78, 5) is 4.32. The Morgan fingerprint density at radius 2 is 2.18 bits per heavy atom. The Kier molecular flexibility index (Phi) is 3.88. The molecule has 0 bridgehead atoms. The summed E-state index contributed by atoms with van der Waals surface area (Å²) in [5.41, 5.74) is 1.08. The van der Waals surface area contributed by atoms with Crippen molar-refractivity contribution in [3.63, 3.8) is 0 Å². The lowest BCUT2D eigenvalue weighted by Crippen LogP contribution is -1.95. The number of hydrogen-bond donors (Lipinski definition) is 0. The van der Waals surface area contributed by atoms with Crippen molar-refractivity contribution in [3.8, 4) is 11.4 Å². The Morgan fingerprint density at radius 1 is 1.41 bits per heavy atom. The van der Waals surface area contributed by atoms with E-state index in [2.05, 4.69) is 11.6 Å². The first kappa shape index (κ1) is 11.8. The molecule has 1 aromatic heterocycles. The highest BCUT2D eigenvalue weighted by Gasteiger charge is 2.04. The Balaban J connectivity index is 2.25. The quantitative estimate of drug-likeness (QED) is 0.599. The molecule has 0 atom stereocenters. The van der Waals surface area contributed by atoms with Crippen LogP contribution >= 0.6 is 11.8 Å². The second kappa shape index (κ2) is 5.59. The van der Waals surface area contributed by atoms with E-state index in [4.69, 9.17) is 4.74 Å². The Morgan fingerprint density at radius 3 is 2.82 bits per heavy atom. The van der Waals surface area contributed by atoms with Gasteiger partial charge < -0.3 is 4.74 Å². The van der Waals surface area contributed by atoms with Crippen LogP contribution in [0.1, 0.15) is 0 Å². The number of ether oxygens (including phenoxy) is 1. The maximum atomic E-state index is 5.14. The fourth-order valence-electron chi connectivity index (χ4n) is 1.47. The zero-order chi connectivity index (χ0) is 12.1. The van der Waals surface area contributed by atoms with Crippen molar-refractivity contribution in [2.75, 3.05) is 12.9 Å². The Bertz CT molecular complexity index is 490. The minimum atomic E-state index is 0.854. The highest BCUT2D eigenvalue weighted by Crippen LogP contribution is 2.21. The van der Waals surface area contributed by atoms with Gasteiger partial charge in [-0.25, -0.2) is 4.98 Å². The summed E-state index contributed by atoms with van der Waals surface area (Å²) in [5.74, 6) is 1.71. The summed E-state index contributed by atoms with van der Waals surface area (Å²) < 4.78 is 7.19. The van der Waals surface area contributed by atoms with Gasteiger partial charge in [0.1, 0.15) is 5.75 Å². The van der Waals surface area contributed by atoms with Crippen LogP contribution in [0.3, 0.4) is 0 Å². The van der Waals surface area contributed by atoms with E-state index in [0.29, 0.717) is 0 Å². The van der Waals surface area contributed by atoms with Crippen LogP contribution < -0.4 is 4.74 Å². The minimum Gasteiger partial charge on any atom is -0.497 e. The molecule has 2 rings (SSSR count). The molecule has 1 aromatic carbocycles. The van der Waals surface area contributed by atoms with Gasteiger partial charge in [-0.3, -0.25) is 4.57 Å². The van der Waals surface area contributed by atoms with Gasteiger partial charge >= 0.3 is 0 Å². The van der Waals surface area contributed by atoms with Crippen LogP contribution in [0.15, 0.2) is 54.5 Å². The van der Waals surface area contributed by atoms with Crippen molar-refractivity contribution >= 4 is 11.8 Å². The fourth-order valence-corrected chi connectivity index (χ4v) is 2.18. The predicted molar refractivity (Wildman–Crippen MR) is 71.0 cm³/mol. The normalized spacial score (nSPS) is 10.2. The van der Waals surface area contributed by atoms with Gasteiger partial charge in [-0.15, -0.1) is 6.58 Å². The van der Waals surface area contributed by atoms with Gasteiger partial charge in [0.2, 0.25) is 0 Å². The summed E-state index contributed by atoms with van der Waals surface area (Å²) in [5, 5.41) is 0.968. The number of nitrogens with zero attached hydrogens (tertiary/aromatic N) is 2. The van der Waals surface area contributed by atoms with Crippen LogP contribution in [-0.4, -0.2) is 22.4 Å². The van der Waals surface area contributed by atoms with Gasteiger partial charge in [-0.1, -0.05) is 17.8 Å². The average molecular weight is 246 g/mol. The monoisotopic (exact) mass is 246 g/mol. The summed E-state index contributed by atoms with van der Waals surface area (Å²) in [6.07, 6.45) is 5.63. The molecule has 0 amide bonds. The summed E-state index contributed by atoms with van der Waals surface area (Å²) in [7, 11) is 1.66. The van der Waals surface area contributed by atoms with Crippen molar-refractivity contribution in [1.82, 2.24) is 9.55 Å². The van der Waals surface area contributed by atoms with Crippen LogP contribution in [-0.2, 0) is 0 Å². The molecule has 0 N–H and O–H groups in total. The number of hydrogen-bond acceptors (Lipinski definition) is 3. The Labute approximate surface area is 105 Å². The molecule has 0 aliphatic rings. The average Bonchev–Trinajstić information content (AvgIpc) is 2.84. The molecular weight excluding hydrogens is 232 g/mol. The number of rotatable bonds is 5. The highest BCUT2D eigenvalue weighted by atomic mass is 32.2. The molecule has 88 valence electrons. The topological polar surface area (TPSA) is 27.1 Å². The zero-order valence-electron chi connectivity index (χ0n) is 9.67. The Hall–Kier alpha value is -1.68. The van der Waals surface area contributed by atoms with Gasteiger partial charge in [0.05, 0.1) is 7.11 Å². The third-order valence-corrected chi connectivity index (χ3v) is 3.25. The number of imidazole rings is 1. The van der Waals surface area contributed by atoms with Gasteiger partial charge in [-0.2, -0.15) is 0 Å². The van der Waals surface area contributed by atoms with E-state index in [9.17, 15) is 0 Å². The molecule has 3 nitrogen and oxygen atoms in total. The summed E-state index contributed by atoms with van der Waals surface area (Å²) in [6, 6.07) is 7.91. The summed E-state index contributed by atoms with van der Waals surface area (Å²) >= 11 is 1.66. The molecule has 0 fully saturated rings. The van der Waals surface area contributed by atoms with Gasteiger partial charge in [-0.05, 0) is 24.3 Å². The molecule has 2 aromatic rings.